The molecular weight excluding hydrogens is 793 g/mol. The Morgan fingerprint density at radius 1 is 0.359 bits per heavy atom. The average Bonchev–Trinajstić information content (AvgIpc) is 4.02. The third-order valence-electron chi connectivity index (χ3n) is 13.5. The summed E-state index contributed by atoms with van der Waals surface area (Å²) in [7, 11) is 0. The minimum Gasteiger partial charge on any atom is -0.310 e. The Labute approximate surface area is 376 Å². The molecule has 10 aromatic carbocycles. The van der Waals surface area contributed by atoms with Crippen molar-refractivity contribution in [3.05, 3.63) is 265 Å². The molecule has 0 fully saturated rings. The molecule has 64 heavy (non-hydrogen) atoms. The lowest BCUT2D eigenvalue weighted by Gasteiger charge is -2.34. The van der Waals surface area contributed by atoms with E-state index < -0.39 is 5.41 Å². The van der Waals surface area contributed by atoms with Gasteiger partial charge < -0.3 is 9.47 Å². The molecule has 1 aliphatic carbocycles. The van der Waals surface area contributed by atoms with Crippen molar-refractivity contribution >= 4 is 70.4 Å². The highest BCUT2D eigenvalue weighted by Crippen LogP contribution is 2.57. The molecule has 2 aromatic heterocycles. The molecular formula is C61H40N2S. The average molecular weight is 833 g/mol. The van der Waals surface area contributed by atoms with Crippen LogP contribution in [0.15, 0.2) is 243 Å². The van der Waals surface area contributed by atoms with Gasteiger partial charge in [-0.2, -0.15) is 0 Å². The van der Waals surface area contributed by atoms with Crippen LogP contribution in [0.1, 0.15) is 22.3 Å². The second-order valence-electron chi connectivity index (χ2n) is 16.8. The molecule has 2 heterocycles. The number of benzene rings is 10. The van der Waals surface area contributed by atoms with Gasteiger partial charge in [-0.15, -0.1) is 11.3 Å². The van der Waals surface area contributed by atoms with Crippen LogP contribution in [-0.4, -0.2) is 4.57 Å². The van der Waals surface area contributed by atoms with Crippen LogP contribution in [0.5, 0.6) is 0 Å². The number of fused-ring (bicyclic) bond motifs is 9. The van der Waals surface area contributed by atoms with Gasteiger partial charge in [0, 0.05) is 53.7 Å². The van der Waals surface area contributed by atoms with E-state index in [9.17, 15) is 0 Å². The molecule has 0 N–H and O–H groups in total. The zero-order chi connectivity index (χ0) is 42.2. The van der Waals surface area contributed by atoms with Gasteiger partial charge in [-0.1, -0.05) is 170 Å². The van der Waals surface area contributed by atoms with Gasteiger partial charge in [0.05, 0.1) is 16.4 Å². The molecule has 12 aromatic rings. The second kappa shape index (κ2) is 14.6. The van der Waals surface area contributed by atoms with Crippen molar-refractivity contribution < 1.29 is 0 Å². The van der Waals surface area contributed by atoms with E-state index in [-0.39, 0.29) is 0 Å². The molecule has 0 saturated heterocycles. The molecule has 13 rings (SSSR count). The summed E-state index contributed by atoms with van der Waals surface area (Å²) in [5.74, 6) is 0. The number of nitrogens with zero attached hydrogens (tertiary/aromatic N) is 2. The van der Waals surface area contributed by atoms with E-state index in [1.807, 2.05) is 11.3 Å². The summed E-state index contributed by atoms with van der Waals surface area (Å²) >= 11 is 1.87. The fourth-order valence-corrected chi connectivity index (χ4v) is 11.9. The van der Waals surface area contributed by atoms with Crippen LogP contribution in [-0.2, 0) is 5.41 Å². The van der Waals surface area contributed by atoms with Gasteiger partial charge in [0.1, 0.15) is 0 Å². The highest BCUT2D eigenvalue weighted by Gasteiger charge is 2.46. The van der Waals surface area contributed by atoms with Crippen LogP contribution < -0.4 is 4.90 Å². The smallest absolute Gasteiger partial charge is 0.0713 e. The van der Waals surface area contributed by atoms with Crippen molar-refractivity contribution in [2.75, 3.05) is 4.90 Å². The summed E-state index contributed by atoms with van der Waals surface area (Å²) in [6.07, 6.45) is 0. The van der Waals surface area contributed by atoms with Crippen molar-refractivity contribution in [1.29, 1.82) is 0 Å². The van der Waals surface area contributed by atoms with Crippen LogP contribution in [0.25, 0.3) is 69.9 Å². The molecule has 0 saturated carbocycles. The molecule has 0 radical (unpaired) electrons. The third-order valence-corrected chi connectivity index (χ3v) is 14.6. The first kappa shape index (κ1) is 36.7. The van der Waals surface area contributed by atoms with E-state index in [0.29, 0.717) is 0 Å². The number of hydrogen-bond donors (Lipinski definition) is 0. The number of thiophene rings is 1. The fraction of sp³-hybridized carbons (Fsp3) is 0.0164. The molecule has 0 atom stereocenters. The summed E-state index contributed by atoms with van der Waals surface area (Å²) in [6.45, 7) is 0. The largest absolute Gasteiger partial charge is 0.310 e. The minimum atomic E-state index is -0.462. The van der Waals surface area contributed by atoms with Gasteiger partial charge in [0.2, 0.25) is 0 Å². The molecule has 300 valence electrons. The van der Waals surface area contributed by atoms with Gasteiger partial charge in [-0.3, -0.25) is 0 Å². The first-order valence-corrected chi connectivity index (χ1v) is 22.8. The summed E-state index contributed by atoms with van der Waals surface area (Å²) < 4.78 is 5.02. The first-order chi connectivity index (χ1) is 31.8. The third kappa shape index (κ3) is 5.44. The van der Waals surface area contributed by atoms with E-state index in [1.54, 1.807) is 0 Å². The number of hydrogen-bond acceptors (Lipinski definition) is 2. The maximum absolute atomic E-state index is 2.43. The number of para-hydroxylation sites is 2. The lowest BCUT2D eigenvalue weighted by Crippen LogP contribution is -2.28. The van der Waals surface area contributed by atoms with E-state index in [4.69, 9.17) is 0 Å². The lowest BCUT2D eigenvalue weighted by atomic mass is 9.68. The van der Waals surface area contributed by atoms with E-state index in [1.165, 1.54) is 86.5 Å². The number of aromatic nitrogens is 1. The van der Waals surface area contributed by atoms with E-state index >= 15 is 0 Å². The molecule has 0 spiro atoms. The Bertz CT molecular complexity index is 3620. The molecule has 0 bridgehead atoms. The quantitative estimate of drug-likeness (QED) is 0.155. The Morgan fingerprint density at radius 3 is 1.56 bits per heavy atom. The van der Waals surface area contributed by atoms with Crippen molar-refractivity contribution in [1.82, 2.24) is 4.57 Å². The standard InChI is InChI=1S/C61H40N2S/c1-3-16-42(17-4-1)61(43-18-5-2-6-19-43)54-25-11-7-20-49(54)53-40-47(38-39-55(53)61)62(44-32-30-41(31-33-44)48-24-15-29-59-60(48)52-23-10-14-28-58(52)64-59)45-34-36-46(37-35-45)63-56-26-12-8-21-50(56)51-22-9-13-27-57(51)63/h1-40H. The van der Waals surface area contributed by atoms with Crippen molar-refractivity contribution in [2.24, 2.45) is 0 Å². The fourth-order valence-electron chi connectivity index (χ4n) is 10.8. The summed E-state index contributed by atoms with van der Waals surface area (Å²) in [4.78, 5) is 2.42. The zero-order valence-electron chi connectivity index (χ0n) is 34.9. The van der Waals surface area contributed by atoms with Crippen LogP contribution in [0.2, 0.25) is 0 Å². The van der Waals surface area contributed by atoms with Crippen LogP contribution >= 0.6 is 11.3 Å². The van der Waals surface area contributed by atoms with E-state index in [2.05, 4.69) is 252 Å². The summed E-state index contributed by atoms with van der Waals surface area (Å²) in [5, 5.41) is 5.16. The van der Waals surface area contributed by atoms with Crippen molar-refractivity contribution in [3.8, 4) is 27.9 Å². The monoisotopic (exact) mass is 832 g/mol. The normalized spacial score (nSPS) is 12.8. The predicted molar refractivity (Wildman–Crippen MR) is 271 cm³/mol. The predicted octanol–water partition coefficient (Wildman–Crippen LogP) is 16.7. The van der Waals surface area contributed by atoms with Gasteiger partial charge in [0.15, 0.2) is 0 Å². The molecule has 0 amide bonds. The Hall–Kier alpha value is -7.98. The highest BCUT2D eigenvalue weighted by atomic mass is 32.1. The Morgan fingerprint density at radius 2 is 0.875 bits per heavy atom. The minimum absolute atomic E-state index is 0.462. The van der Waals surface area contributed by atoms with Crippen molar-refractivity contribution in [2.45, 2.75) is 5.41 Å². The first-order valence-electron chi connectivity index (χ1n) is 22.0. The van der Waals surface area contributed by atoms with Gasteiger partial charge in [-0.05, 0) is 117 Å². The highest BCUT2D eigenvalue weighted by molar-refractivity contribution is 7.25. The Kier molecular flexibility index (Phi) is 8.34. The lowest BCUT2D eigenvalue weighted by molar-refractivity contribution is 0.768. The topological polar surface area (TPSA) is 8.17 Å². The zero-order valence-corrected chi connectivity index (χ0v) is 35.7. The molecule has 0 unspecified atom stereocenters. The maximum Gasteiger partial charge on any atom is 0.0713 e. The van der Waals surface area contributed by atoms with Crippen LogP contribution in [0.4, 0.5) is 17.1 Å². The Balaban J connectivity index is 0.996. The molecule has 0 aliphatic heterocycles. The number of rotatable bonds is 7. The summed E-state index contributed by atoms with van der Waals surface area (Å²) in [5.41, 5.74) is 16.5. The SMILES string of the molecule is c1ccc(C2(c3ccccc3)c3ccccc3-c3cc(N(c4ccc(-c5cccc6sc7ccccc7c56)cc4)c4ccc(-n5c6ccccc6c6ccccc65)cc4)ccc32)cc1. The van der Waals surface area contributed by atoms with Gasteiger partial charge in [0.25, 0.3) is 0 Å². The van der Waals surface area contributed by atoms with Crippen LogP contribution in [0, 0.1) is 0 Å². The molecule has 2 nitrogen and oxygen atoms in total. The van der Waals surface area contributed by atoms with Gasteiger partial charge in [-0.25, -0.2) is 0 Å². The van der Waals surface area contributed by atoms with Crippen LogP contribution in [0.3, 0.4) is 0 Å². The van der Waals surface area contributed by atoms with Crippen molar-refractivity contribution in [3.63, 3.8) is 0 Å². The number of anilines is 3. The summed E-state index contributed by atoms with van der Waals surface area (Å²) in [6, 6.07) is 89.5. The molecule has 3 heteroatoms. The van der Waals surface area contributed by atoms with E-state index in [0.717, 1.165) is 22.7 Å². The maximum atomic E-state index is 2.43. The van der Waals surface area contributed by atoms with Gasteiger partial charge >= 0.3 is 0 Å². The molecule has 1 aliphatic rings. The second-order valence-corrected chi connectivity index (χ2v) is 17.9.